The third kappa shape index (κ3) is 13.0. The predicted octanol–water partition coefficient (Wildman–Crippen LogP) is 5.68. The molecule has 0 bridgehead atoms. The fourth-order valence-electron chi connectivity index (χ4n) is 3.85. The highest BCUT2D eigenvalue weighted by Gasteiger charge is 2.25. The topological polar surface area (TPSA) is 90.6 Å². The van der Waals surface area contributed by atoms with Crippen molar-refractivity contribution in [3.8, 4) is 0 Å². The Kier molecular flexibility index (Phi) is 16.1. The number of esters is 2. The van der Waals surface area contributed by atoms with Gasteiger partial charge in [-0.1, -0.05) is 78.4 Å². The first-order valence-electron chi connectivity index (χ1n) is 13.3. The van der Waals surface area contributed by atoms with E-state index in [2.05, 4.69) is 33.0 Å². The zero-order valence-electron chi connectivity index (χ0n) is 21.9. The number of benzene rings is 1. The van der Waals surface area contributed by atoms with Crippen molar-refractivity contribution in [2.45, 2.75) is 97.9 Å². The van der Waals surface area contributed by atoms with Crippen LogP contribution in [0.4, 0.5) is 5.69 Å². The SMILES string of the molecule is CCCCC(CC)COC(=O)CC(NCCc1ccc(N)cc1)C(=O)OCC(CC)CCCC. The molecule has 6 nitrogen and oxygen atoms in total. The lowest BCUT2D eigenvalue weighted by Crippen LogP contribution is -2.41. The molecule has 0 aliphatic heterocycles. The Labute approximate surface area is 207 Å². The first-order chi connectivity index (χ1) is 16.4. The van der Waals surface area contributed by atoms with E-state index in [0.29, 0.717) is 31.6 Å². The molecule has 1 rings (SSSR count). The number of carbonyl (C=O) groups is 2. The molecule has 0 aliphatic rings. The minimum absolute atomic E-state index is 0.0173. The number of hydrogen-bond donors (Lipinski definition) is 2. The first kappa shape index (κ1) is 30.0. The lowest BCUT2D eigenvalue weighted by Gasteiger charge is -2.21. The fourth-order valence-corrected chi connectivity index (χ4v) is 3.85. The normalized spacial score (nSPS) is 13.8. The Morgan fingerprint density at radius 1 is 0.882 bits per heavy atom. The Morgan fingerprint density at radius 2 is 1.44 bits per heavy atom. The van der Waals surface area contributed by atoms with Gasteiger partial charge < -0.3 is 20.5 Å². The second-order valence-corrected chi connectivity index (χ2v) is 9.35. The molecule has 0 spiro atoms. The summed E-state index contributed by atoms with van der Waals surface area (Å²) >= 11 is 0. The molecule has 0 radical (unpaired) electrons. The van der Waals surface area contributed by atoms with Gasteiger partial charge in [0, 0.05) is 5.69 Å². The van der Waals surface area contributed by atoms with Crippen LogP contribution in [0, 0.1) is 11.8 Å². The summed E-state index contributed by atoms with van der Waals surface area (Å²) in [5.41, 5.74) is 7.59. The van der Waals surface area contributed by atoms with Gasteiger partial charge in [0.1, 0.15) is 6.04 Å². The number of carbonyl (C=O) groups excluding carboxylic acids is 2. The van der Waals surface area contributed by atoms with Crippen molar-refractivity contribution in [2.24, 2.45) is 11.8 Å². The maximum Gasteiger partial charge on any atom is 0.323 e. The van der Waals surface area contributed by atoms with Crippen molar-refractivity contribution in [1.82, 2.24) is 5.32 Å². The molecule has 0 heterocycles. The van der Waals surface area contributed by atoms with Crippen molar-refractivity contribution >= 4 is 17.6 Å². The van der Waals surface area contributed by atoms with Gasteiger partial charge in [-0.25, -0.2) is 0 Å². The monoisotopic (exact) mass is 476 g/mol. The molecule has 0 aromatic heterocycles. The minimum Gasteiger partial charge on any atom is -0.465 e. The highest BCUT2D eigenvalue weighted by Crippen LogP contribution is 2.15. The molecule has 3 N–H and O–H groups in total. The number of hydrogen-bond acceptors (Lipinski definition) is 6. The largest absolute Gasteiger partial charge is 0.465 e. The number of nitrogen functional groups attached to an aromatic ring is 1. The Hall–Kier alpha value is -2.08. The van der Waals surface area contributed by atoms with Gasteiger partial charge in [-0.15, -0.1) is 0 Å². The van der Waals surface area contributed by atoms with Crippen LogP contribution >= 0.6 is 0 Å². The maximum atomic E-state index is 12.9. The van der Waals surface area contributed by atoms with E-state index in [0.717, 1.165) is 69.0 Å². The summed E-state index contributed by atoms with van der Waals surface area (Å²) in [7, 11) is 0. The Morgan fingerprint density at radius 3 is 1.97 bits per heavy atom. The van der Waals surface area contributed by atoms with Crippen molar-refractivity contribution in [3.05, 3.63) is 29.8 Å². The van der Waals surface area contributed by atoms with Crippen LogP contribution in [0.1, 0.15) is 91.0 Å². The van der Waals surface area contributed by atoms with E-state index in [1.165, 1.54) is 0 Å². The minimum atomic E-state index is -0.708. The van der Waals surface area contributed by atoms with Crippen molar-refractivity contribution in [2.75, 3.05) is 25.5 Å². The van der Waals surface area contributed by atoms with Gasteiger partial charge in [0.05, 0.1) is 19.6 Å². The number of anilines is 1. The second kappa shape index (κ2) is 18.3. The van der Waals surface area contributed by atoms with Crippen LogP contribution < -0.4 is 11.1 Å². The van der Waals surface area contributed by atoms with Gasteiger partial charge in [-0.2, -0.15) is 0 Å². The summed E-state index contributed by atoms with van der Waals surface area (Å²) in [6, 6.07) is 6.96. The van der Waals surface area contributed by atoms with Gasteiger partial charge in [-0.05, 0) is 55.3 Å². The van der Waals surface area contributed by atoms with E-state index in [1.54, 1.807) is 0 Å². The van der Waals surface area contributed by atoms with Crippen LogP contribution in [0.3, 0.4) is 0 Å². The predicted molar refractivity (Wildman–Crippen MR) is 139 cm³/mol. The van der Waals surface area contributed by atoms with E-state index in [-0.39, 0.29) is 18.4 Å². The first-order valence-corrected chi connectivity index (χ1v) is 13.3. The molecular formula is C28H48N2O4. The van der Waals surface area contributed by atoms with E-state index in [9.17, 15) is 9.59 Å². The molecule has 0 saturated heterocycles. The van der Waals surface area contributed by atoms with E-state index < -0.39 is 6.04 Å². The third-order valence-electron chi connectivity index (χ3n) is 6.47. The van der Waals surface area contributed by atoms with Gasteiger partial charge >= 0.3 is 11.9 Å². The molecule has 6 heteroatoms. The lowest BCUT2D eigenvalue weighted by atomic mass is 10.0. The number of ether oxygens (including phenoxy) is 2. The summed E-state index contributed by atoms with van der Waals surface area (Å²) in [5.74, 6) is 0.00366. The second-order valence-electron chi connectivity index (χ2n) is 9.35. The molecule has 0 aliphatic carbocycles. The quantitative estimate of drug-likeness (QED) is 0.197. The molecule has 3 atom stereocenters. The molecule has 0 saturated carbocycles. The van der Waals surface area contributed by atoms with Gasteiger partial charge in [0.25, 0.3) is 0 Å². The van der Waals surface area contributed by atoms with Crippen LogP contribution in [0.15, 0.2) is 24.3 Å². The molecule has 3 unspecified atom stereocenters. The van der Waals surface area contributed by atoms with Gasteiger partial charge in [-0.3, -0.25) is 9.59 Å². The molecule has 194 valence electrons. The van der Waals surface area contributed by atoms with E-state index >= 15 is 0 Å². The van der Waals surface area contributed by atoms with Crippen molar-refractivity contribution < 1.29 is 19.1 Å². The summed E-state index contributed by atoms with van der Waals surface area (Å²) < 4.78 is 11.2. The average molecular weight is 477 g/mol. The van der Waals surface area contributed by atoms with Gasteiger partial charge in [0.2, 0.25) is 0 Å². The van der Waals surface area contributed by atoms with Crippen LogP contribution in [0.2, 0.25) is 0 Å². The number of nitrogens with two attached hydrogens (primary N) is 1. The van der Waals surface area contributed by atoms with Crippen LogP contribution in [-0.4, -0.2) is 37.7 Å². The zero-order chi connectivity index (χ0) is 25.2. The maximum absolute atomic E-state index is 12.9. The van der Waals surface area contributed by atoms with E-state index in [4.69, 9.17) is 15.2 Å². The summed E-state index contributed by atoms with van der Waals surface area (Å²) in [6.45, 7) is 9.93. The number of rotatable bonds is 19. The fraction of sp³-hybridized carbons (Fsp3) is 0.714. The smallest absolute Gasteiger partial charge is 0.323 e. The average Bonchev–Trinajstić information content (AvgIpc) is 2.84. The zero-order valence-corrected chi connectivity index (χ0v) is 21.9. The Bertz CT molecular complexity index is 677. The highest BCUT2D eigenvalue weighted by molar-refractivity contribution is 5.82. The van der Waals surface area contributed by atoms with Crippen LogP contribution in [-0.2, 0) is 25.5 Å². The molecular weight excluding hydrogens is 428 g/mol. The Balaban J connectivity index is 2.65. The molecule has 1 aromatic rings. The molecule has 34 heavy (non-hydrogen) atoms. The van der Waals surface area contributed by atoms with Gasteiger partial charge in [0.15, 0.2) is 0 Å². The summed E-state index contributed by atoms with van der Waals surface area (Å²) in [5, 5.41) is 3.23. The van der Waals surface area contributed by atoms with Crippen LogP contribution in [0.25, 0.3) is 0 Å². The molecule has 1 aromatic carbocycles. The standard InChI is InChI=1S/C28H48N2O4/c1-5-9-11-22(7-3)20-33-27(31)19-26(28(32)34-21-23(8-4)12-10-6-2)30-18-17-24-13-15-25(29)16-14-24/h13-16,22-23,26,30H,5-12,17-21,29H2,1-4H3. The van der Waals surface area contributed by atoms with E-state index in [1.807, 2.05) is 24.3 Å². The molecule has 0 fully saturated rings. The lowest BCUT2D eigenvalue weighted by molar-refractivity contribution is -0.154. The third-order valence-corrected chi connectivity index (χ3v) is 6.47. The number of unbranched alkanes of at least 4 members (excludes halogenated alkanes) is 2. The summed E-state index contributed by atoms with van der Waals surface area (Å²) in [4.78, 5) is 25.5. The molecule has 0 amide bonds. The number of nitrogens with one attached hydrogen (secondary N) is 1. The van der Waals surface area contributed by atoms with Crippen molar-refractivity contribution in [3.63, 3.8) is 0 Å². The van der Waals surface area contributed by atoms with Crippen LogP contribution in [0.5, 0.6) is 0 Å². The highest BCUT2D eigenvalue weighted by atomic mass is 16.5. The summed E-state index contributed by atoms with van der Waals surface area (Å²) in [6.07, 6.45) is 9.29. The van der Waals surface area contributed by atoms with Crippen molar-refractivity contribution in [1.29, 1.82) is 0 Å².